The Balaban J connectivity index is 0.000000216. The van der Waals surface area contributed by atoms with Crippen LogP contribution >= 0.6 is 0 Å². The number of carbonyl (C=O) groups excluding carboxylic acids is 2. The third-order valence-electron chi connectivity index (χ3n) is 6.99. The number of ether oxygens (including phenoxy) is 2. The summed E-state index contributed by atoms with van der Waals surface area (Å²) in [6.07, 6.45) is 0. The Labute approximate surface area is 287 Å². The number of rotatable bonds is 8. The highest BCUT2D eigenvalue weighted by Crippen LogP contribution is 2.22. The zero-order valence-electron chi connectivity index (χ0n) is 26.3. The van der Waals surface area contributed by atoms with Crippen molar-refractivity contribution < 1.29 is 33.0 Å². The minimum Gasteiger partial charge on any atom is -0.462 e. The minimum atomic E-state index is -0.460. The lowest BCUT2D eigenvalue weighted by Gasteiger charge is -2.08. The van der Waals surface area contributed by atoms with Gasteiger partial charge in [-0.2, -0.15) is 0 Å². The van der Waals surface area contributed by atoms with Gasteiger partial charge in [0.15, 0.2) is 11.6 Å². The van der Waals surface area contributed by atoms with Crippen molar-refractivity contribution in [3.8, 4) is 0 Å². The van der Waals surface area contributed by atoms with Crippen LogP contribution in [0.1, 0.15) is 57.3 Å². The number of aromatic amines is 2. The number of hydrogen-bond donors (Lipinski definition) is 4. The summed E-state index contributed by atoms with van der Waals surface area (Å²) in [5, 5.41) is 0. The number of nitrogens with zero attached hydrogens (tertiary/aromatic N) is 2. The first-order valence-electron chi connectivity index (χ1n) is 14.7. The maximum absolute atomic E-state index is 11.9. The number of aromatic nitrogens is 4. The smallest absolute Gasteiger partial charge is 0.338 e. The van der Waals surface area contributed by atoms with Gasteiger partial charge in [0.25, 0.3) is 0 Å². The lowest BCUT2D eigenvalue weighted by atomic mass is 10.1. The lowest BCUT2D eigenvalue weighted by Crippen LogP contribution is -2.12. The molecular formula is C34H32N6O7S2. The SMILES string of the molecule is CCOC(=O)c1ccc(N)c(C(=S=O)c2nc3ccccc3[nH]2)c1.CCOC(=O)c1ccc(N)c(C(=S=O)c2nc3ccccc3[nH]2)c1.O. The lowest BCUT2D eigenvalue weighted by molar-refractivity contribution is 0.0517. The number of fused-ring (bicyclic) bond motifs is 2. The molecule has 0 radical (unpaired) electrons. The Morgan fingerprint density at radius 3 is 1.39 bits per heavy atom. The zero-order valence-corrected chi connectivity index (χ0v) is 27.9. The van der Waals surface area contributed by atoms with E-state index in [1.54, 1.807) is 50.2 Å². The number of esters is 2. The van der Waals surface area contributed by atoms with E-state index in [2.05, 4.69) is 19.9 Å². The van der Waals surface area contributed by atoms with Gasteiger partial charge >= 0.3 is 11.9 Å². The number of benzene rings is 4. The van der Waals surface area contributed by atoms with E-state index in [4.69, 9.17) is 20.9 Å². The highest BCUT2D eigenvalue weighted by molar-refractivity contribution is 7.67. The molecule has 0 unspecified atom stereocenters. The second-order valence-corrected chi connectivity index (χ2v) is 11.2. The van der Waals surface area contributed by atoms with Gasteiger partial charge in [-0.15, -0.1) is 0 Å². The fourth-order valence-electron chi connectivity index (χ4n) is 4.73. The van der Waals surface area contributed by atoms with E-state index in [0.29, 0.717) is 55.0 Å². The van der Waals surface area contributed by atoms with Crippen molar-refractivity contribution in [3.05, 3.63) is 119 Å². The number of para-hydroxylation sites is 4. The minimum absolute atomic E-state index is 0. The average Bonchev–Trinajstić information content (AvgIpc) is 3.72. The van der Waals surface area contributed by atoms with E-state index in [9.17, 15) is 18.0 Å². The van der Waals surface area contributed by atoms with Crippen molar-refractivity contribution in [2.24, 2.45) is 0 Å². The molecule has 0 aliphatic carbocycles. The van der Waals surface area contributed by atoms with Crippen molar-refractivity contribution >= 4 is 77.6 Å². The summed E-state index contributed by atoms with van der Waals surface area (Å²) in [5.41, 5.74) is 17.5. The molecule has 13 nitrogen and oxygen atoms in total. The third-order valence-corrected chi connectivity index (χ3v) is 8.15. The molecule has 0 aliphatic rings. The summed E-state index contributed by atoms with van der Waals surface area (Å²) in [4.78, 5) is 39.6. The Kier molecular flexibility index (Phi) is 11.9. The first-order valence-corrected chi connectivity index (χ1v) is 16.1. The Morgan fingerprint density at radius 2 is 1.04 bits per heavy atom. The highest BCUT2D eigenvalue weighted by atomic mass is 32.1. The van der Waals surface area contributed by atoms with Crippen molar-refractivity contribution in [2.75, 3.05) is 24.7 Å². The average molecular weight is 701 g/mol. The molecule has 252 valence electrons. The molecule has 6 aromatic rings. The molecule has 0 atom stereocenters. The molecule has 8 N–H and O–H groups in total. The number of nitrogens with two attached hydrogens (primary N) is 2. The quantitative estimate of drug-likeness (QED) is 0.0783. The number of imidazole rings is 2. The molecule has 4 aromatic carbocycles. The summed E-state index contributed by atoms with van der Waals surface area (Å²) in [6.45, 7) is 4.01. The predicted molar refractivity (Wildman–Crippen MR) is 192 cm³/mol. The van der Waals surface area contributed by atoms with Crippen molar-refractivity contribution in [3.63, 3.8) is 0 Å². The number of carbonyl (C=O) groups is 2. The van der Waals surface area contributed by atoms with Crippen molar-refractivity contribution in [1.29, 1.82) is 0 Å². The van der Waals surface area contributed by atoms with E-state index in [1.165, 1.54) is 0 Å². The number of H-pyrrole nitrogens is 2. The van der Waals surface area contributed by atoms with Gasteiger partial charge in [-0.25, -0.2) is 28.0 Å². The van der Waals surface area contributed by atoms with Crippen LogP contribution in [-0.2, 0) is 32.0 Å². The summed E-state index contributed by atoms with van der Waals surface area (Å²) in [7, 11) is 0. The molecule has 0 saturated carbocycles. The highest BCUT2D eigenvalue weighted by Gasteiger charge is 2.19. The Bertz CT molecular complexity index is 2040. The van der Waals surface area contributed by atoms with Crippen LogP contribution < -0.4 is 11.5 Å². The molecule has 0 fully saturated rings. The van der Waals surface area contributed by atoms with Gasteiger partial charge in [0.05, 0.1) is 46.4 Å². The normalized spacial score (nSPS) is 10.3. The fourth-order valence-corrected chi connectivity index (χ4v) is 5.62. The van der Waals surface area contributed by atoms with Crippen LogP contribution in [-0.4, -0.2) is 68.7 Å². The van der Waals surface area contributed by atoms with Crippen molar-refractivity contribution in [2.45, 2.75) is 13.8 Å². The van der Waals surface area contributed by atoms with Crippen LogP contribution in [0.5, 0.6) is 0 Å². The standard InChI is InChI=1S/2C17H15N3O3S.H2O/c2*1-2-23-17(21)10-7-8-12(18)11(9-10)15(24-22)16-19-13-5-3-4-6-14(13)20-16;/h2*3-9H,2,18H2,1H3,(H,19,20);1H2. The number of hydrogen-bond acceptors (Lipinski definition) is 10. The predicted octanol–water partition coefficient (Wildman–Crippen LogP) is 3.38. The molecule has 0 amide bonds. The summed E-state index contributed by atoms with van der Waals surface area (Å²) in [5.74, 6) is -0.0787. The maximum Gasteiger partial charge on any atom is 0.338 e. The Morgan fingerprint density at radius 1 is 0.653 bits per heavy atom. The molecule has 0 bridgehead atoms. The number of nitrogens with one attached hydrogen (secondary N) is 2. The van der Waals surface area contributed by atoms with Gasteiger partial charge in [0.1, 0.15) is 32.2 Å². The van der Waals surface area contributed by atoms with E-state index < -0.39 is 11.9 Å². The molecule has 6 rings (SSSR count). The maximum atomic E-state index is 11.9. The van der Waals surface area contributed by atoms with E-state index >= 15 is 0 Å². The van der Waals surface area contributed by atoms with Crippen LogP contribution in [0, 0.1) is 0 Å². The second kappa shape index (κ2) is 16.3. The summed E-state index contributed by atoms with van der Waals surface area (Å²) < 4.78 is 33.4. The van der Waals surface area contributed by atoms with Gasteiger partial charge in [-0.3, -0.25) is 0 Å². The molecule has 0 aliphatic heterocycles. The van der Waals surface area contributed by atoms with Crippen LogP contribution in [0.2, 0.25) is 0 Å². The first-order chi connectivity index (χ1) is 23.3. The third kappa shape index (κ3) is 7.98. The second-order valence-electron chi connectivity index (χ2n) is 10.1. The van der Waals surface area contributed by atoms with Gasteiger partial charge in [0, 0.05) is 22.5 Å². The van der Waals surface area contributed by atoms with Gasteiger partial charge < -0.3 is 36.4 Å². The van der Waals surface area contributed by atoms with Gasteiger partial charge in [-0.1, -0.05) is 24.3 Å². The van der Waals surface area contributed by atoms with E-state index in [1.807, 2.05) is 48.5 Å². The molecule has 2 heterocycles. The first kappa shape index (κ1) is 35.9. The molecule has 0 spiro atoms. The largest absolute Gasteiger partial charge is 0.462 e. The van der Waals surface area contributed by atoms with Crippen LogP contribution in [0.25, 0.3) is 22.1 Å². The summed E-state index contributed by atoms with van der Waals surface area (Å²) >= 11 is 0.560. The Hall–Kier alpha value is -5.90. The molecule has 2 aromatic heterocycles. The monoisotopic (exact) mass is 700 g/mol. The summed E-state index contributed by atoms with van der Waals surface area (Å²) in [6, 6.07) is 24.4. The number of nitrogen functional groups attached to an aromatic ring is 2. The molecule has 0 saturated heterocycles. The molecule has 15 heteroatoms. The van der Waals surface area contributed by atoms with Crippen LogP contribution in [0.4, 0.5) is 11.4 Å². The zero-order chi connectivity index (χ0) is 34.2. The van der Waals surface area contributed by atoms with Crippen molar-refractivity contribution in [1.82, 2.24) is 19.9 Å². The van der Waals surface area contributed by atoms with Crippen LogP contribution in [0.15, 0.2) is 84.9 Å². The number of anilines is 2. The van der Waals surface area contributed by atoms with E-state index in [-0.39, 0.29) is 41.2 Å². The van der Waals surface area contributed by atoms with E-state index in [0.717, 1.165) is 22.1 Å². The molecular weight excluding hydrogens is 669 g/mol. The molecule has 49 heavy (non-hydrogen) atoms. The van der Waals surface area contributed by atoms with Gasteiger partial charge in [0.2, 0.25) is 0 Å². The topological polar surface area (TPSA) is 228 Å². The fraction of sp³-hybridized carbons (Fsp3) is 0.118. The van der Waals surface area contributed by atoms with Gasteiger partial charge in [-0.05, 0) is 74.5 Å². The van der Waals surface area contributed by atoms with Crippen LogP contribution in [0.3, 0.4) is 0 Å².